The molecule has 0 unspecified atom stereocenters. The van der Waals surface area contributed by atoms with E-state index in [0.29, 0.717) is 42.7 Å². The number of aryl methyl sites for hydroxylation is 1. The number of amidine groups is 1. The van der Waals surface area contributed by atoms with Crippen LogP contribution in [0.2, 0.25) is 0 Å². The second-order valence-corrected chi connectivity index (χ2v) is 6.95. The molecule has 0 saturated carbocycles. The zero-order valence-corrected chi connectivity index (χ0v) is 15.4. The monoisotopic (exact) mass is 378 g/mol. The van der Waals surface area contributed by atoms with E-state index < -0.39 is 0 Å². The third-order valence-corrected chi connectivity index (χ3v) is 5.17. The lowest BCUT2D eigenvalue weighted by Gasteiger charge is -2.29. The summed E-state index contributed by atoms with van der Waals surface area (Å²) < 4.78 is 5.34. The Balaban J connectivity index is 1.87. The van der Waals surface area contributed by atoms with E-state index in [1.807, 2.05) is 36.1 Å². The van der Waals surface area contributed by atoms with Gasteiger partial charge in [0.05, 0.1) is 19.0 Å². The van der Waals surface area contributed by atoms with Gasteiger partial charge in [-0.3, -0.25) is 9.59 Å². The number of morpholine rings is 1. The maximum absolute atomic E-state index is 12.9. The van der Waals surface area contributed by atoms with E-state index in [9.17, 15) is 9.59 Å². The first-order valence-electron chi connectivity index (χ1n) is 7.84. The largest absolute Gasteiger partial charge is 0.378 e. The highest BCUT2D eigenvalue weighted by atomic mass is 32.2. The minimum Gasteiger partial charge on any atom is -0.378 e. The average Bonchev–Trinajstić information content (AvgIpc) is 2.93. The fraction of sp³-hybridized carbons (Fsp3) is 0.375. The van der Waals surface area contributed by atoms with Crippen molar-refractivity contribution < 1.29 is 14.3 Å². The molecule has 0 bridgehead atoms. The molecule has 2 aliphatic rings. The number of thiocarbonyl (C=S) groups is 1. The van der Waals surface area contributed by atoms with Gasteiger partial charge in [-0.2, -0.15) is 5.01 Å². The molecule has 3 rings (SSSR count). The minimum atomic E-state index is -0.372. The van der Waals surface area contributed by atoms with E-state index >= 15 is 0 Å². The topological polar surface area (TPSA) is 74.2 Å². The predicted molar refractivity (Wildman–Crippen MR) is 102 cm³/mol. The molecule has 1 aromatic rings. The molecular weight excluding hydrogens is 360 g/mol. The number of nitrogens with zero attached hydrogens (tertiary/aromatic N) is 3. The highest BCUT2D eigenvalue weighted by Crippen LogP contribution is 2.21. The number of benzene rings is 1. The molecule has 7 nitrogen and oxygen atoms in total. The number of carbonyl (C=O) groups is 2. The van der Waals surface area contributed by atoms with Crippen molar-refractivity contribution >= 4 is 51.6 Å². The van der Waals surface area contributed by atoms with Crippen molar-refractivity contribution in [2.45, 2.75) is 6.92 Å². The molecule has 0 spiro atoms. The molecule has 0 radical (unpaired) electrons. The summed E-state index contributed by atoms with van der Waals surface area (Å²) in [4.78, 5) is 27.0. The molecule has 2 aliphatic heterocycles. The van der Waals surface area contributed by atoms with Gasteiger partial charge in [0.2, 0.25) is 5.84 Å². The van der Waals surface area contributed by atoms with E-state index in [1.165, 1.54) is 0 Å². The minimum absolute atomic E-state index is 0.171. The molecule has 2 fully saturated rings. The maximum atomic E-state index is 12.9. The lowest BCUT2D eigenvalue weighted by molar-refractivity contribution is -0.111. The Bertz CT molecular complexity index is 716. The Kier molecular flexibility index (Phi) is 5.67. The second kappa shape index (κ2) is 7.94. The van der Waals surface area contributed by atoms with Crippen LogP contribution >= 0.6 is 24.0 Å². The Morgan fingerprint density at radius 2 is 2.04 bits per heavy atom. The summed E-state index contributed by atoms with van der Waals surface area (Å²) in [5.74, 6) is 0.210. The number of rotatable bonds is 2. The van der Waals surface area contributed by atoms with Crippen molar-refractivity contribution in [2.75, 3.05) is 37.4 Å². The van der Waals surface area contributed by atoms with Crippen LogP contribution < -0.4 is 5.32 Å². The Morgan fingerprint density at radius 1 is 1.32 bits per heavy atom. The molecule has 25 heavy (non-hydrogen) atoms. The number of hydrogen-bond acceptors (Lipinski definition) is 6. The van der Waals surface area contributed by atoms with Gasteiger partial charge in [-0.1, -0.05) is 42.2 Å². The van der Waals surface area contributed by atoms with Crippen molar-refractivity contribution in [1.82, 2.24) is 9.91 Å². The van der Waals surface area contributed by atoms with Crippen molar-refractivity contribution in [3.05, 3.63) is 29.8 Å². The maximum Gasteiger partial charge on any atom is 0.307 e. The van der Waals surface area contributed by atoms with E-state index in [4.69, 9.17) is 17.0 Å². The molecule has 0 aromatic heterocycles. The van der Waals surface area contributed by atoms with Crippen molar-refractivity contribution in [3.63, 3.8) is 0 Å². The van der Waals surface area contributed by atoms with Crippen LogP contribution in [0, 0.1) is 6.92 Å². The lowest BCUT2D eigenvalue weighted by atomic mass is 10.2. The average molecular weight is 378 g/mol. The molecule has 2 heterocycles. The fourth-order valence-corrected chi connectivity index (χ4v) is 3.46. The van der Waals surface area contributed by atoms with E-state index in [1.54, 1.807) is 0 Å². The molecule has 9 heteroatoms. The first kappa shape index (κ1) is 17.8. The smallest absolute Gasteiger partial charge is 0.307 e. The molecule has 0 atom stereocenters. The number of nitrogens with one attached hydrogen (secondary N) is 1. The van der Waals surface area contributed by atoms with E-state index in [0.717, 1.165) is 22.3 Å². The van der Waals surface area contributed by atoms with Crippen LogP contribution in [0.4, 0.5) is 10.5 Å². The Labute approximate surface area is 155 Å². The summed E-state index contributed by atoms with van der Waals surface area (Å²) in [7, 11) is 0. The first-order valence-corrected chi connectivity index (χ1v) is 9.23. The standard InChI is InChI=1S/C16H18N4O3S2/c1-11-4-2-3-5-12(11)17-15(21)14(19-6-8-23-9-7-19)18-20-13(24)10-25-16(20)22/h2-5H,6-10H2,1H3,(H,17,21)/b18-14-. The van der Waals surface area contributed by atoms with Crippen LogP contribution in [-0.2, 0) is 9.53 Å². The van der Waals surface area contributed by atoms with Crippen molar-refractivity contribution in [2.24, 2.45) is 5.10 Å². The van der Waals surface area contributed by atoms with Crippen LogP contribution in [0.3, 0.4) is 0 Å². The number of thioether (sulfide) groups is 1. The zero-order chi connectivity index (χ0) is 17.8. The van der Waals surface area contributed by atoms with E-state index in [2.05, 4.69) is 10.4 Å². The molecule has 1 N–H and O–H groups in total. The van der Waals surface area contributed by atoms with Gasteiger partial charge in [0, 0.05) is 18.8 Å². The van der Waals surface area contributed by atoms with Gasteiger partial charge in [-0.25, -0.2) is 0 Å². The summed E-state index contributed by atoms with van der Waals surface area (Å²) in [6, 6.07) is 7.49. The van der Waals surface area contributed by atoms with Crippen LogP contribution in [0.5, 0.6) is 0 Å². The Morgan fingerprint density at radius 3 is 2.68 bits per heavy atom. The van der Waals surface area contributed by atoms with Crippen LogP contribution in [0.1, 0.15) is 5.56 Å². The number of para-hydroxylation sites is 1. The summed E-state index contributed by atoms with van der Waals surface area (Å²) in [6.07, 6.45) is 0. The SMILES string of the molecule is Cc1ccccc1NC(=O)/C(=N/N1C(=O)SCC1=S)N1CCOCC1. The second-order valence-electron chi connectivity index (χ2n) is 5.55. The van der Waals surface area contributed by atoms with Gasteiger partial charge in [0.25, 0.3) is 5.91 Å². The van der Waals surface area contributed by atoms with Crippen LogP contribution in [-0.4, -0.2) is 63.9 Å². The fourth-order valence-electron chi connectivity index (χ4n) is 2.46. The van der Waals surface area contributed by atoms with Crippen molar-refractivity contribution in [3.8, 4) is 0 Å². The number of carbonyl (C=O) groups excluding carboxylic acids is 2. The number of amides is 2. The summed E-state index contributed by atoms with van der Waals surface area (Å²) >= 11 is 6.26. The van der Waals surface area contributed by atoms with Crippen LogP contribution in [0.15, 0.2) is 29.4 Å². The highest BCUT2D eigenvalue weighted by Gasteiger charge is 2.30. The van der Waals surface area contributed by atoms with Gasteiger partial charge >= 0.3 is 5.24 Å². The Hall–Kier alpha value is -1.97. The van der Waals surface area contributed by atoms with Gasteiger partial charge in [0.1, 0.15) is 4.99 Å². The highest BCUT2D eigenvalue weighted by molar-refractivity contribution is 8.15. The van der Waals surface area contributed by atoms with Gasteiger partial charge in [0.15, 0.2) is 0 Å². The number of anilines is 1. The molecule has 2 amide bonds. The lowest BCUT2D eigenvalue weighted by Crippen LogP contribution is -2.47. The van der Waals surface area contributed by atoms with Crippen molar-refractivity contribution in [1.29, 1.82) is 0 Å². The third kappa shape index (κ3) is 4.17. The predicted octanol–water partition coefficient (Wildman–Crippen LogP) is 2.08. The molecule has 132 valence electrons. The van der Waals surface area contributed by atoms with Crippen LogP contribution in [0.25, 0.3) is 0 Å². The third-order valence-electron chi connectivity index (χ3n) is 3.83. The summed E-state index contributed by atoms with van der Waals surface area (Å²) in [6.45, 7) is 3.98. The van der Waals surface area contributed by atoms with Gasteiger partial charge in [-0.15, -0.1) is 5.10 Å². The van der Waals surface area contributed by atoms with Gasteiger partial charge in [-0.05, 0) is 18.6 Å². The van der Waals surface area contributed by atoms with E-state index in [-0.39, 0.29) is 17.0 Å². The molecule has 2 saturated heterocycles. The first-order chi connectivity index (χ1) is 12.1. The quantitative estimate of drug-likeness (QED) is 0.482. The zero-order valence-electron chi connectivity index (χ0n) is 13.7. The normalized spacial score (nSPS) is 18.7. The number of hydrazone groups is 1. The number of hydrogen-bond donors (Lipinski definition) is 1. The van der Waals surface area contributed by atoms with Gasteiger partial charge < -0.3 is 15.0 Å². The number of ether oxygens (including phenoxy) is 1. The molecule has 0 aliphatic carbocycles. The molecular formula is C16H18N4O3S2. The summed E-state index contributed by atoms with van der Waals surface area (Å²) in [5.41, 5.74) is 1.65. The summed E-state index contributed by atoms with van der Waals surface area (Å²) in [5, 5.41) is 8.03. The molecule has 1 aromatic carbocycles.